The van der Waals surface area contributed by atoms with Crippen molar-refractivity contribution in [2.24, 2.45) is 5.92 Å². The lowest BCUT2D eigenvalue weighted by Gasteiger charge is -2.40. The molecule has 0 aliphatic rings. The fraction of sp³-hybridized carbons (Fsp3) is 0.769. The molecule has 0 amide bonds. The molecule has 1 atom stereocenters. The van der Waals surface area contributed by atoms with Crippen LogP contribution in [0.4, 0.5) is 13.2 Å². The topological polar surface area (TPSA) is 27.7 Å². The fourth-order valence-corrected chi connectivity index (χ4v) is 3.80. The summed E-state index contributed by atoms with van der Waals surface area (Å²) in [6.07, 6.45) is 10.1. The van der Waals surface area contributed by atoms with Gasteiger partial charge in [0.15, 0.2) is 17.5 Å². The van der Waals surface area contributed by atoms with E-state index >= 15 is 0 Å². The van der Waals surface area contributed by atoms with Crippen molar-refractivity contribution in [1.82, 2.24) is 0 Å². The molecule has 186 valence electrons. The molecule has 0 saturated carbocycles. The molecule has 0 fully saturated rings. The first-order valence-corrected chi connectivity index (χ1v) is 12.5. The van der Waals surface area contributed by atoms with Gasteiger partial charge < -0.3 is 14.2 Å². The minimum absolute atomic E-state index is 0.275. The van der Waals surface area contributed by atoms with Gasteiger partial charge in [0.25, 0.3) is 5.97 Å². The molecule has 1 aromatic carbocycles. The second kappa shape index (κ2) is 16.5. The van der Waals surface area contributed by atoms with E-state index in [1.807, 2.05) is 20.8 Å². The van der Waals surface area contributed by atoms with Crippen LogP contribution in [0, 0.1) is 23.4 Å². The lowest BCUT2D eigenvalue weighted by atomic mass is 9.90. The van der Waals surface area contributed by atoms with Crippen LogP contribution in [0.5, 0.6) is 0 Å². The number of rotatable bonds is 19. The molecule has 1 rings (SSSR count). The first kappa shape index (κ1) is 28.9. The summed E-state index contributed by atoms with van der Waals surface area (Å²) >= 11 is 0. The first-order valence-electron chi connectivity index (χ1n) is 12.5. The van der Waals surface area contributed by atoms with Gasteiger partial charge in [-0.2, -0.15) is 0 Å². The second-order valence-corrected chi connectivity index (χ2v) is 8.48. The highest BCUT2D eigenvalue weighted by atomic mass is 19.2. The quantitative estimate of drug-likeness (QED) is 0.119. The Hall–Kier alpha value is -1.11. The minimum atomic E-state index is -1.45. The van der Waals surface area contributed by atoms with Crippen molar-refractivity contribution in [3.05, 3.63) is 35.1 Å². The van der Waals surface area contributed by atoms with Gasteiger partial charge in [-0.3, -0.25) is 0 Å². The monoisotopic (exact) mass is 460 g/mol. The van der Waals surface area contributed by atoms with Crippen molar-refractivity contribution in [1.29, 1.82) is 0 Å². The maximum Gasteiger partial charge on any atom is 0.286 e. The highest BCUT2D eigenvalue weighted by Crippen LogP contribution is 2.34. The number of hydrogen-bond donors (Lipinski definition) is 0. The van der Waals surface area contributed by atoms with Gasteiger partial charge >= 0.3 is 0 Å². The largest absolute Gasteiger partial charge is 0.327 e. The van der Waals surface area contributed by atoms with E-state index in [4.69, 9.17) is 14.2 Å². The zero-order valence-electron chi connectivity index (χ0n) is 20.5. The average molecular weight is 461 g/mol. The van der Waals surface area contributed by atoms with Crippen LogP contribution < -0.4 is 0 Å². The van der Waals surface area contributed by atoms with Gasteiger partial charge in [-0.1, -0.05) is 66.2 Å². The summed E-state index contributed by atoms with van der Waals surface area (Å²) in [4.78, 5) is 0. The van der Waals surface area contributed by atoms with E-state index in [2.05, 4.69) is 6.92 Å². The van der Waals surface area contributed by atoms with Crippen molar-refractivity contribution >= 4 is 0 Å². The number of halogens is 3. The Bertz CT molecular complexity index is 580. The van der Waals surface area contributed by atoms with Crippen molar-refractivity contribution in [3.8, 4) is 0 Å². The third kappa shape index (κ3) is 9.80. The highest BCUT2D eigenvalue weighted by Gasteiger charge is 2.42. The van der Waals surface area contributed by atoms with Crippen LogP contribution in [-0.4, -0.2) is 25.8 Å². The zero-order chi connectivity index (χ0) is 23.8. The third-order valence-electron chi connectivity index (χ3n) is 5.45. The van der Waals surface area contributed by atoms with E-state index in [9.17, 15) is 13.2 Å². The predicted molar refractivity (Wildman–Crippen MR) is 123 cm³/mol. The molecule has 1 unspecified atom stereocenters. The Morgan fingerprint density at radius 3 is 1.62 bits per heavy atom. The average Bonchev–Trinajstić information content (AvgIpc) is 2.78. The minimum Gasteiger partial charge on any atom is -0.327 e. The Morgan fingerprint density at radius 2 is 1.16 bits per heavy atom. The van der Waals surface area contributed by atoms with E-state index in [-0.39, 0.29) is 12.3 Å². The van der Waals surface area contributed by atoms with Gasteiger partial charge in [0.05, 0.1) is 19.8 Å². The molecular weight excluding hydrogens is 417 g/mol. The Balaban J connectivity index is 3.16. The molecule has 0 N–H and O–H groups in total. The molecule has 1 aromatic rings. The van der Waals surface area contributed by atoms with E-state index in [0.717, 1.165) is 57.1 Å². The molecule has 0 heterocycles. The van der Waals surface area contributed by atoms with Crippen LogP contribution in [0.2, 0.25) is 0 Å². The van der Waals surface area contributed by atoms with Crippen molar-refractivity contribution < 1.29 is 27.4 Å². The summed E-state index contributed by atoms with van der Waals surface area (Å²) in [7, 11) is 0. The highest BCUT2D eigenvalue weighted by molar-refractivity contribution is 5.20. The first-order chi connectivity index (χ1) is 15.4. The van der Waals surface area contributed by atoms with Gasteiger partial charge in [0, 0.05) is 5.92 Å². The zero-order valence-corrected chi connectivity index (χ0v) is 20.5. The third-order valence-corrected chi connectivity index (χ3v) is 5.45. The summed E-state index contributed by atoms with van der Waals surface area (Å²) in [5.74, 6) is -5.36. The molecule has 0 radical (unpaired) electrons. The molecule has 6 heteroatoms. The summed E-state index contributed by atoms with van der Waals surface area (Å²) in [6, 6.07) is 2.13. The van der Waals surface area contributed by atoms with Crippen molar-refractivity contribution in [2.75, 3.05) is 19.8 Å². The van der Waals surface area contributed by atoms with Crippen LogP contribution in [-0.2, 0) is 20.6 Å². The summed E-state index contributed by atoms with van der Waals surface area (Å²) in [6.45, 7) is 9.58. The van der Waals surface area contributed by atoms with Crippen LogP contribution in [0.3, 0.4) is 0 Å². The smallest absolute Gasteiger partial charge is 0.286 e. The van der Waals surface area contributed by atoms with Crippen LogP contribution in [0.25, 0.3) is 0 Å². The predicted octanol–water partition coefficient (Wildman–Crippen LogP) is 7.95. The van der Waals surface area contributed by atoms with Crippen LogP contribution in [0.1, 0.15) is 97.5 Å². The summed E-state index contributed by atoms with van der Waals surface area (Å²) in [5, 5.41) is 0. The Kier molecular flexibility index (Phi) is 14.9. The van der Waals surface area contributed by atoms with Crippen molar-refractivity contribution in [3.63, 3.8) is 0 Å². The maximum atomic E-state index is 13.9. The Morgan fingerprint density at radius 1 is 0.688 bits per heavy atom. The fourth-order valence-electron chi connectivity index (χ4n) is 3.80. The number of ether oxygens (including phenoxy) is 3. The SMILES string of the molecule is CCCCCCCCC(Cc1cc(F)c(F)c(F)c1)C(OCCC)(OCCC)OCCC. The summed E-state index contributed by atoms with van der Waals surface area (Å²) in [5.41, 5.74) is 0.377. The van der Waals surface area contributed by atoms with E-state index in [1.54, 1.807) is 0 Å². The maximum absolute atomic E-state index is 13.9. The van der Waals surface area contributed by atoms with E-state index < -0.39 is 23.4 Å². The van der Waals surface area contributed by atoms with Crippen LogP contribution in [0.15, 0.2) is 12.1 Å². The van der Waals surface area contributed by atoms with E-state index in [1.165, 1.54) is 19.3 Å². The molecule has 32 heavy (non-hydrogen) atoms. The number of hydrogen-bond acceptors (Lipinski definition) is 3. The van der Waals surface area contributed by atoms with Gasteiger partial charge in [0.2, 0.25) is 0 Å². The molecule has 0 spiro atoms. The Labute approximate surface area is 193 Å². The lowest BCUT2D eigenvalue weighted by Crippen LogP contribution is -2.48. The number of benzene rings is 1. The normalized spacial score (nSPS) is 13.0. The van der Waals surface area contributed by atoms with E-state index in [0.29, 0.717) is 25.4 Å². The molecular formula is C26H43F3O3. The molecule has 0 saturated heterocycles. The van der Waals surface area contributed by atoms with Crippen molar-refractivity contribution in [2.45, 2.75) is 104 Å². The molecule has 0 aliphatic carbocycles. The number of unbranched alkanes of at least 4 members (excludes halogenated alkanes) is 5. The second-order valence-electron chi connectivity index (χ2n) is 8.48. The molecule has 0 aromatic heterocycles. The van der Waals surface area contributed by atoms with Gasteiger partial charge in [-0.05, 0) is 49.8 Å². The van der Waals surface area contributed by atoms with Gasteiger partial charge in [-0.25, -0.2) is 13.2 Å². The standard InChI is InChI=1S/C26H43F3O3/c1-5-9-10-11-12-13-14-22(18-21-19-23(27)25(29)24(28)20-21)26(30-15-6-2,31-16-7-3)32-17-8-4/h19-20,22H,5-18H2,1-4H3. The van der Waals surface area contributed by atoms with Crippen LogP contribution >= 0.6 is 0 Å². The van der Waals surface area contributed by atoms with Gasteiger partial charge in [0.1, 0.15) is 0 Å². The lowest BCUT2D eigenvalue weighted by molar-refractivity contribution is -0.406. The molecule has 3 nitrogen and oxygen atoms in total. The molecule has 0 bridgehead atoms. The molecule has 0 aliphatic heterocycles. The van der Waals surface area contributed by atoms with Gasteiger partial charge in [-0.15, -0.1) is 0 Å². The summed E-state index contributed by atoms with van der Waals surface area (Å²) < 4.78 is 59.9.